The molecule has 0 spiro atoms. The molecule has 0 fully saturated rings. The van der Waals surface area contributed by atoms with Gasteiger partial charge in [-0.1, -0.05) is 11.3 Å². The summed E-state index contributed by atoms with van der Waals surface area (Å²) in [6.07, 6.45) is 1.14. The van der Waals surface area contributed by atoms with Crippen LogP contribution < -0.4 is 29.6 Å². The van der Waals surface area contributed by atoms with Gasteiger partial charge in [-0.05, 0) is 6.92 Å². The van der Waals surface area contributed by atoms with Crippen molar-refractivity contribution in [2.75, 3.05) is 0 Å². The maximum Gasteiger partial charge on any atom is 1.00 e. The summed E-state index contributed by atoms with van der Waals surface area (Å²) in [5.41, 5.74) is 0. The molecule has 1 rings (SSSR count). The van der Waals surface area contributed by atoms with Gasteiger partial charge in [-0.25, -0.2) is 0 Å². The Kier molecular flexibility index (Phi) is 4.80. The smallest absolute Gasteiger partial charge is 0.792 e. The van der Waals surface area contributed by atoms with Gasteiger partial charge in [-0.3, -0.25) is 0 Å². The molecule has 0 N–H and O–H groups in total. The predicted octanol–water partition coefficient (Wildman–Crippen LogP) is -2.23. The van der Waals surface area contributed by atoms with E-state index in [9.17, 15) is 5.21 Å². The Hall–Kier alpha value is 0.0300. The number of nitrogens with zero attached hydrogens (tertiary/aromatic N) is 3. The molecule has 0 bridgehead atoms. The van der Waals surface area contributed by atoms with E-state index >= 15 is 0 Å². The van der Waals surface area contributed by atoms with E-state index in [1.54, 1.807) is 0 Å². The molecule has 4 nitrogen and oxygen atoms in total. The van der Waals surface area contributed by atoms with Crippen molar-refractivity contribution in [3.05, 3.63) is 15.2 Å². The number of rotatable bonds is 1. The molecule has 6 heteroatoms. The van der Waals surface area contributed by atoms with Crippen molar-refractivity contribution < 1.29 is 29.6 Å². The van der Waals surface area contributed by atoms with Crippen LogP contribution in [0.5, 0.6) is 0 Å². The van der Waals surface area contributed by atoms with E-state index in [1.807, 2.05) is 6.92 Å². The third-order valence-electron chi connectivity index (χ3n) is 0.705. The molecule has 0 aliphatic carbocycles. The summed E-state index contributed by atoms with van der Waals surface area (Å²) in [4.78, 5) is 0. The van der Waals surface area contributed by atoms with Crippen molar-refractivity contribution in [2.45, 2.75) is 6.92 Å². The third kappa shape index (κ3) is 2.74. The Morgan fingerprint density at radius 1 is 1.60 bits per heavy atom. The van der Waals surface area contributed by atoms with E-state index in [2.05, 4.69) is 15.4 Å². The maximum atomic E-state index is 9.62. The molecule has 0 aliphatic heterocycles. The predicted molar refractivity (Wildman–Crippen MR) is 35.6 cm³/mol. The molecule has 0 aromatic carbocycles. The quantitative estimate of drug-likeness (QED) is 0.269. The molecule has 0 aliphatic rings. The minimum atomic E-state index is 0. The first-order chi connectivity index (χ1) is 4.33. The van der Waals surface area contributed by atoms with Crippen LogP contribution in [0, 0.1) is 12.1 Å². The Morgan fingerprint density at radius 2 is 2.30 bits per heavy atom. The van der Waals surface area contributed by atoms with Crippen molar-refractivity contribution in [1.29, 1.82) is 0 Å². The molecule has 1 aromatic heterocycles. The Balaban J connectivity index is 0.000000810. The molecule has 48 valence electrons. The fourth-order valence-corrected chi connectivity index (χ4v) is 0.971. The van der Waals surface area contributed by atoms with Gasteiger partial charge in [0.15, 0.2) is 5.01 Å². The molecule has 10 heavy (non-hydrogen) atoms. The number of aryl methyl sites for hydroxylation is 1. The van der Waals surface area contributed by atoms with Gasteiger partial charge >= 0.3 is 29.6 Å². The van der Waals surface area contributed by atoms with Crippen LogP contribution in [0.4, 0.5) is 0 Å². The molecular weight excluding hydrogens is 161 g/mol. The number of hydrogen-bond acceptors (Lipinski definition) is 5. The van der Waals surface area contributed by atoms with E-state index in [4.69, 9.17) is 0 Å². The standard InChI is InChI=1S/C4H5N3OS.Na/c1-3-6-7-4(9-3)2-5-8;/h2,8H,1H3;/q;+1/p-1/b5-2+;. The first-order valence-corrected chi connectivity index (χ1v) is 3.10. The van der Waals surface area contributed by atoms with Crippen molar-refractivity contribution in [2.24, 2.45) is 5.16 Å². The first kappa shape index (κ1) is 10.0. The van der Waals surface area contributed by atoms with Gasteiger partial charge in [0, 0.05) is 0 Å². The molecule has 0 saturated carbocycles. The van der Waals surface area contributed by atoms with Crippen LogP contribution >= 0.6 is 11.3 Å². The summed E-state index contributed by atoms with van der Waals surface area (Å²) in [5, 5.41) is 20.9. The van der Waals surface area contributed by atoms with Gasteiger partial charge in [-0.2, -0.15) is 0 Å². The van der Waals surface area contributed by atoms with Gasteiger partial charge < -0.3 is 10.4 Å². The molecule has 0 radical (unpaired) electrons. The second-order valence-electron chi connectivity index (χ2n) is 1.39. The van der Waals surface area contributed by atoms with Crippen LogP contribution in [0.2, 0.25) is 0 Å². The van der Waals surface area contributed by atoms with Crippen LogP contribution in [-0.4, -0.2) is 16.4 Å². The first-order valence-electron chi connectivity index (χ1n) is 2.28. The molecule has 0 saturated heterocycles. The van der Waals surface area contributed by atoms with Gasteiger partial charge in [0.25, 0.3) is 0 Å². The van der Waals surface area contributed by atoms with E-state index < -0.39 is 0 Å². The van der Waals surface area contributed by atoms with Crippen LogP contribution in [-0.2, 0) is 0 Å². The average molecular weight is 165 g/mol. The molecular formula is C4H4N3NaOS. The fourth-order valence-electron chi connectivity index (χ4n) is 0.409. The Bertz CT molecular complexity index is 224. The SMILES string of the molecule is Cc1nnc(/C=N/[O-])s1.[Na+]. The zero-order valence-corrected chi connectivity index (χ0v) is 8.55. The maximum absolute atomic E-state index is 9.62. The van der Waals surface area contributed by atoms with Gasteiger partial charge in [0.1, 0.15) is 5.01 Å². The van der Waals surface area contributed by atoms with Gasteiger partial charge in [0.05, 0.1) is 6.21 Å². The Morgan fingerprint density at radius 3 is 2.70 bits per heavy atom. The van der Waals surface area contributed by atoms with Crippen molar-refractivity contribution in [1.82, 2.24) is 10.2 Å². The summed E-state index contributed by atoms with van der Waals surface area (Å²) in [5.74, 6) is 0. The van der Waals surface area contributed by atoms with Crippen LogP contribution in [0.25, 0.3) is 0 Å². The minimum Gasteiger partial charge on any atom is -0.792 e. The average Bonchev–Trinajstić information content (AvgIpc) is 2.17. The molecule has 0 amide bonds. The zero-order valence-electron chi connectivity index (χ0n) is 5.74. The largest absolute Gasteiger partial charge is 1.00 e. The zero-order chi connectivity index (χ0) is 6.69. The van der Waals surface area contributed by atoms with Crippen molar-refractivity contribution >= 4 is 17.6 Å². The van der Waals surface area contributed by atoms with Crippen LogP contribution in [0.1, 0.15) is 10.0 Å². The van der Waals surface area contributed by atoms with Crippen LogP contribution in [0.15, 0.2) is 5.16 Å². The van der Waals surface area contributed by atoms with Crippen molar-refractivity contribution in [3.8, 4) is 0 Å². The molecule has 1 heterocycles. The Labute approximate surface area is 84.3 Å². The minimum absolute atomic E-state index is 0. The van der Waals surface area contributed by atoms with E-state index in [1.165, 1.54) is 11.3 Å². The summed E-state index contributed by atoms with van der Waals surface area (Å²) < 4.78 is 0. The second-order valence-corrected chi connectivity index (χ2v) is 2.61. The summed E-state index contributed by atoms with van der Waals surface area (Å²) >= 11 is 1.34. The molecule has 1 aromatic rings. The second kappa shape index (κ2) is 4.79. The van der Waals surface area contributed by atoms with Crippen LogP contribution in [0.3, 0.4) is 0 Å². The summed E-state index contributed by atoms with van der Waals surface area (Å²) in [7, 11) is 0. The summed E-state index contributed by atoms with van der Waals surface area (Å²) in [6, 6.07) is 0. The number of hydrogen-bond donors (Lipinski definition) is 0. The van der Waals surface area contributed by atoms with E-state index in [0.29, 0.717) is 5.01 Å². The monoisotopic (exact) mass is 165 g/mol. The fraction of sp³-hybridized carbons (Fsp3) is 0.250. The van der Waals surface area contributed by atoms with Crippen molar-refractivity contribution in [3.63, 3.8) is 0 Å². The van der Waals surface area contributed by atoms with E-state index in [-0.39, 0.29) is 29.6 Å². The normalized spacial score (nSPS) is 9.70. The van der Waals surface area contributed by atoms with Gasteiger partial charge in [0.2, 0.25) is 0 Å². The molecule has 0 unspecified atom stereocenters. The molecule has 0 atom stereocenters. The summed E-state index contributed by atoms with van der Waals surface area (Å²) in [6.45, 7) is 1.82. The number of aromatic nitrogens is 2. The van der Waals surface area contributed by atoms with E-state index in [0.717, 1.165) is 11.2 Å². The van der Waals surface area contributed by atoms with Gasteiger partial charge in [-0.15, -0.1) is 10.2 Å². The topological polar surface area (TPSA) is 61.2 Å². The third-order valence-corrected chi connectivity index (χ3v) is 1.48.